The Morgan fingerprint density at radius 3 is 2.21 bits per heavy atom. The summed E-state index contributed by atoms with van der Waals surface area (Å²) >= 11 is 7.74. The number of anilines is 2. The molecule has 5 nitrogen and oxygen atoms in total. The van der Waals surface area contributed by atoms with Gasteiger partial charge in [-0.15, -0.1) is 11.3 Å². The van der Waals surface area contributed by atoms with Gasteiger partial charge in [-0.25, -0.2) is 9.97 Å². The van der Waals surface area contributed by atoms with Gasteiger partial charge in [0.1, 0.15) is 5.00 Å². The molecular weight excluding hydrogens is 452 g/mol. The molecule has 0 saturated heterocycles. The average molecular weight is 477 g/mol. The van der Waals surface area contributed by atoms with E-state index in [1.807, 2.05) is 62.4 Å². The molecule has 168 valence electrons. The Morgan fingerprint density at radius 2 is 1.58 bits per heavy atom. The number of aryl methyl sites for hydroxylation is 3. The van der Waals surface area contributed by atoms with Gasteiger partial charge in [0.15, 0.2) is 0 Å². The highest BCUT2D eigenvalue weighted by Crippen LogP contribution is 2.41. The van der Waals surface area contributed by atoms with Crippen LogP contribution < -0.4 is 10.6 Å². The molecular formula is C26H25ClN4OS. The standard InChI is InChI=1S/C26H25ClN4OS/c1-15-14-16(2)29-26(28-15)30-23(19-10-12-21(27)13-11-19)22-17(3)18(4)33-25(22)31-24(32)20-8-6-5-7-9-20/h5-14,23H,1-4H3,(H,31,32)(H,28,29,30)/t23-/m0/s1. The molecule has 1 atom stereocenters. The van der Waals surface area contributed by atoms with Gasteiger partial charge in [0, 0.05) is 32.4 Å². The normalized spacial score (nSPS) is 11.8. The van der Waals surface area contributed by atoms with Gasteiger partial charge in [0.25, 0.3) is 5.91 Å². The number of carbonyl (C=O) groups excluding carboxylic acids is 1. The topological polar surface area (TPSA) is 66.9 Å². The minimum absolute atomic E-state index is 0.143. The Balaban J connectivity index is 1.79. The second kappa shape index (κ2) is 9.73. The first kappa shape index (κ1) is 23.0. The first-order valence-corrected chi connectivity index (χ1v) is 11.8. The van der Waals surface area contributed by atoms with Crippen LogP contribution in [0.2, 0.25) is 5.02 Å². The Kier molecular flexibility index (Phi) is 6.77. The van der Waals surface area contributed by atoms with Crippen molar-refractivity contribution in [3.63, 3.8) is 0 Å². The van der Waals surface area contributed by atoms with Crippen molar-refractivity contribution >= 4 is 39.8 Å². The molecule has 2 aromatic carbocycles. The summed E-state index contributed by atoms with van der Waals surface area (Å²) in [7, 11) is 0. The van der Waals surface area contributed by atoms with E-state index in [9.17, 15) is 4.79 Å². The van der Waals surface area contributed by atoms with Crippen molar-refractivity contribution in [1.82, 2.24) is 9.97 Å². The smallest absolute Gasteiger partial charge is 0.256 e. The second-order valence-electron chi connectivity index (χ2n) is 7.95. The van der Waals surface area contributed by atoms with E-state index in [4.69, 9.17) is 11.6 Å². The van der Waals surface area contributed by atoms with Gasteiger partial charge in [-0.05, 0) is 69.2 Å². The third kappa shape index (κ3) is 5.24. The summed E-state index contributed by atoms with van der Waals surface area (Å²) in [4.78, 5) is 23.3. The molecule has 0 radical (unpaired) electrons. The summed E-state index contributed by atoms with van der Waals surface area (Å²) in [5.74, 6) is 0.395. The van der Waals surface area contributed by atoms with Gasteiger partial charge in [-0.1, -0.05) is 41.9 Å². The Labute approximate surface area is 202 Å². The summed E-state index contributed by atoms with van der Waals surface area (Å²) in [5.41, 5.74) is 5.48. The third-order valence-corrected chi connectivity index (χ3v) is 6.83. The highest BCUT2D eigenvalue weighted by atomic mass is 35.5. The first-order valence-electron chi connectivity index (χ1n) is 10.6. The van der Waals surface area contributed by atoms with Crippen LogP contribution in [0.4, 0.5) is 10.9 Å². The minimum Gasteiger partial charge on any atom is -0.343 e. The van der Waals surface area contributed by atoms with Crippen molar-refractivity contribution in [1.29, 1.82) is 0 Å². The molecule has 0 fully saturated rings. The van der Waals surface area contributed by atoms with Crippen molar-refractivity contribution < 1.29 is 4.79 Å². The fraction of sp³-hybridized carbons (Fsp3) is 0.192. The molecule has 0 saturated carbocycles. The SMILES string of the molecule is Cc1cc(C)nc(N[C@@H](c2ccc(Cl)cc2)c2c(NC(=O)c3ccccc3)sc(C)c2C)n1. The Morgan fingerprint density at radius 1 is 0.939 bits per heavy atom. The van der Waals surface area contributed by atoms with Gasteiger partial charge in [-0.3, -0.25) is 4.79 Å². The molecule has 4 aromatic rings. The third-order valence-electron chi connectivity index (χ3n) is 5.44. The quantitative estimate of drug-likeness (QED) is 0.318. The number of halogens is 1. The number of rotatable bonds is 6. The van der Waals surface area contributed by atoms with E-state index in [1.165, 1.54) is 0 Å². The van der Waals surface area contributed by atoms with Gasteiger partial charge in [-0.2, -0.15) is 0 Å². The summed E-state index contributed by atoms with van der Waals surface area (Å²) in [6, 6.07) is 18.6. The molecule has 33 heavy (non-hydrogen) atoms. The number of hydrogen-bond acceptors (Lipinski definition) is 5. The van der Waals surface area contributed by atoms with E-state index in [0.717, 1.165) is 38.0 Å². The Bertz CT molecular complexity index is 1270. The molecule has 0 bridgehead atoms. The molecule has 0 unspecified atom stereocenters. The fourth-order valence-corrected chi connectivity index (χ4v) is 4.97. The monoisotopic (exact) mass is 476 g/mol. The lowest BCUT2D eigenvalue weighted by atomic mass is 9.96. The van der Waals surface area contributed by atoms with Gasteiger partial charge >= 0.3 is 0 Å². The predicted octanol–water partition coefficient (Wildman–Crippen LogP) is 6.88. The highest BCUT2D eigenvalue weighted by Gasteiger charge is 2.25. The zero-order valence-corrected chi connectivity index (χ0v) is 20.5. The Hall–Kier alpha value is -3.22. The maximum atomic E-state index is 13.0. The summed E-state index contributed by atoms with van der Waals surface area (Å²) < 4.78 is 0. The minimum atomic E-state index is -0.278. The first-order chi connectivity index (χ1) is 15.8. The molecule has 0 aliphatic heterocycles. The van der Waals surface area contributed by atoms with Crippen molar-refractivity contribution in [2.45, 2.75) is 33.7 Å². The lowest BCUT2D eigenvalue weighted by molar-refractivity contribution is 0.102. The molecule has 2 N–H and O–H groups in total. The van der Waals surface area contributed by atoms with E-state index in [1.54, 1.807) is 23.5 Å². The van der Waals surface area contributed by atoms with Crippen LogP contribution in [-0.2, 0) is 0 Å². The lowest BCUT2D eigenvalue weighted by Crippen LogP contribution is -2.18. The summed E-state index contributed by atoms with van der Waals surface area (Å²) in [6.45, 7) is 8.03. The number of carbonyl (C=O) groups is 1. The van der Waals surface area contributed by atoms with Crippen LogP contribution in [0.5, 0.6) is 0 Å². The summed E-state index contributed by atoms with van der Waals surface area (Å²) in [6.07, 6.45) is 0. The van der Waals surface area contributed by atoms with Crippen LogP contribution in [0.15, 0.2) is 60.7 Å². The average Bonchev–Trinajstić information content (AvgIpc) is 3.05. The van der Waals surface area contributed by atoms with Crippen LogP contribution in [-0.4, -0.2) is 15.9 Å². The molecule has 7 heteroatoms. The molecule has 4 rings (SSSR count). The van der Waals surface area contributed by atoms with E-state index in [2.05, 4.69) is 34.4 Å². The van der Waals surface area contributed by atoms with Crippen LogP contribution in [0.25, 0.3) is 0 Å². The molecule has 2 heterocycles. The van der Waals surface area contributed by atoms with Crippen molar-refractivity contribution in [3.05, 3.63) is 104 Å². The summed E-state index contributed by atoms with van der Waals surface area (Å²) in [5, 5.41) is 8.11. The maximum absolute atomic E-state index is 13.0. The van der Waals surface area contributed by atoms with E-state index < -0.39 is 0 Å². The highest BCUT2D eigenvalue weighted by molar-refractivity contribution is 7.16. The number of hydrogen-bond donors (Lipinski definition) is 2. The molecule has 1 amide bonds. The zero-order valence-electron chi connectivity index (χ0n) is 18.9. The van der Waals surface area contributed by atoms with Gasteiger partial charge < -0.3 is 10.6 Å². The van der Waals surface area contributed by atoms with Crippen LogP contribution in [0, 0.1) is 27.7 Å². The van der Waals surface area contributed by atoms with E-state index >= 15 is 0 Å². The molecule has 2 aromatic heterocycles. The van der Waals surface area contributed by atoms with Crippen LogP contribution >= 0.6 is 22.9 Å². The second-order valence-corrected chi connectivity index (χ2v) is 9.61. The van der Waals surface area contributed by atoms with Gasteiger partial charge in [0.05, 0.1) is 6.04 Å². The van der Waals surface area contributed by atoms with Crippen LogP contribution in [0.3, 0.4) is 0 Å². The van der Waals surface area contributed by atoms with Gasteiger partial charge in [0.2, 0.25) is 5.95 Å². The number of benzene rings is 2. The number of thiophene rings is 1. The maximum Gasteiger partial charge on any atom is 0.256 e. The number of nitrogens with one attached hydrogen (secondary N) is 2. The van der Waals surface area contributed by atoms with Crippen molar-refractivity contribution in [3.8, 4) is 0 Å². The zero-order chi connectivity index (χ0) is 23.5. The largest absolute Gasteiger partial charge is 0.343 e. The van der Waals surface area contributed by atoms with Crippen molar-refractivity contribution in [2.24, 2.45) is 0 Å². The fourth-order valence-electron chi connectivity index (χ4n) is 3.75. The predicted molar refractivity (Wildman–Crippen MR) is 137 cm³/mol. The van der Waals surface area contributed by atoms with E-state index in [0.29, 0.717) is 16.5 Å². The molecule has 0 aliphatic carbocycles. The van der Waals surface area contributed by atoms with Crippen LogP contribution in [0.1, 0.15) is 49.4 Å². The molecule has 0 aliphatic rings. The molecule has 0 spiro atoms. The van der Waals surface area contributed by atoms with E-state index in [-0.39, 0.29) is 11.9 Å². The number of nitrogens with zero attached hydrogens (tertiary/aromatic N) is 2. The lowest BCUT2D eigenvalue weighted by Gasteiger charge is -2.22. The number of amides is 1. The number of aromatic nitrogens is 2. The van der Waals surface area contributed by atoms with Crippen molar-refractivity contribution in [2.75, 3.05) is 10.6 Å².